The molecule has 0 heterocycles. The average molecular weight is 302 g/mol. The van der Waals surface area contributed by atoms with Crippen LogP contribution in [0.4, 0.5) is 0 Å². The molecule has 1 nitrogen and oxygen atoms in total. The molecule has 0 spiro atoms. The summed E-state index contributed by atoms with van der Waals surface area (Å²) in [7, 11) is 1.73. The van der Waals surface area contributed by atoms with E-state index in [-0.39, 0.29) is 0 Å². The van der Waals surface area contributed by atoms with Crippen molar-refractivity contribution in [1.82, 2.24) is 0 Å². The Morgan fingerprint density at radius 2 is 1.65 bits per heavy atom. The lowest BCUT2D eigenvalue weighted by Crippen LogP contribution is -1.88. The highest BCUT2D eigenvalue weighted by molar-refractivity contribution is 5.88. The highest BCUT2D eigenvalue weighted by Crippen LogP contribution is 2.27. The van der Waals surface area contributed by atoms with E-state index in [4.69, 9.17) is 4.74 Å². The fourth-order valence-electron chi connectivity index (χ4n) is 2.87. The molecule has 0 aliphatic rings. The van der Waals surface area contributed by atoms with Gasteiger partial charge in [-0.1, -0.05) is 74.0 Å². The number of hydrogen-bond acceptors (Lipinski definition) is 1. The van der Waals surface area contributed by atoms with Crippen LogP contribution in [0.2, 0.25) is 0 Å². The molecule has 116 valence electrons. The Balaban J connectivity index is 1.95. The Morgan fingerprint density at radius 3 is 2.39 bits per heavy atom. The van der Waals surface area contributed by atoms with Gasteiger partial charge in [0.05, 0.1) is 7.11 Å². The van der Waals surface area contributed by atoms with E-state index in [1.54, 1.807) is 7.11 Å². The van der Waals surface area contributed by atoms with Crippen molar-refractivity contribution in [2.45, 2.75) is 19.8 Å². The zero-order chi connectivity index (χ0) is 16.1. The van der Waals surface area contributed by atoms with E-state index in [9.17, 15) is 0 Å². The fraction of sp³-hybridized carbons (Fsp3) is 0.182. The standard InChI is InChI=1S/C22H22O/c1-3-7-17-8-6-9-18(14-17)12-13-21-15-19-10-4-5-11-20(19)16-22(21)23-2/h4-6,8-16H,3,7H2,1-2H3/b13-12-. The highest BCUT2D eigenvalue weighted by Gasteiger charge is 2.02. The summed E-state index contributed by atoms with van der Waals surface area (Å²) in [5, 5.41) is 2.43. The SMILES string of the molecule is CCCc1cccc(/C=C\c2cc3ccccc3cc2OC)c1. The summed E-state index contributed by atoms with van der Waals surface area (Å²) in [6, 6.07) is 21.4. The van der Waals surface area contributed by atoms with Crippen LogP contribution in [-0.2, 0) is 6.42 Å². The maximum absolute atomic E-state index is 5.55. The maximum atomic E-state index is 5.55. The molecular formula is C22H22O. The lowest BCUT2D eigenvalue weighted by molar-refractivity contribution is 0.414. The number of fused-ring (bicyclic) bond motifs is 1. The minimum Gasteiger partial charge on any atom is -0.496 e. The third kappa shape index (κ3) is 3.62. The van der Waals surface area contributed by atoms with Crippen LogP contribution in [0, 0.1) is 0 Å². The molecule has 0 aliphatic carbocycles. The Kier molecular flexibility index (Phi) is 4.77. The first kappa shape index (κ1) is 15.4. The minimum absolute atomic E-state index is 0.907. The number of benzene rings is 3. The zero-order valence-corrected chi connectivity index (χ0v) is 13.8. The van der Waals surface area contributed by atoms with Crippen LogP contribution >= 0.6 is 0 Å². The van der Waals surface area contributed by atoms with Crippen LogP contribution < -0.4 is 4.74 Å². The topological polar surface area (TPSA) is 9.23 Å². The van der Waals surface area contributed by atoms with Crippen molar-refractivity contribution >= 4 is 22.9 Å². The molecule has 0 fully saturated rings. The van der Waals surface area contributed by atoms with Crippen molar-refractivity contribution in [2.75, 3.05) is 7.11 Å². The second-order valence-electron chi connectivity index (χ2n) is 5.77. The second kappa shape index (κ2) is 7.15. The molecule has 1 heteroatoms. The van der Waals surface area contributed by atoms with Crippen LogP contribution in [0.1, 0.15) is 30.0 Å². The van der Waals surface area contributed by atoms with Gasteiger partial charge in [-0.25, -0.2) is 0 Å². The molecule has 3 rings (SSSR count). The number of rotatable bonds is 5. The minimum atomic E-state index is 0.907. The lowest BCUT2D eigenvalue weighted by Gasteiger charge is -2.07. The van der Waals surface area contributed by atoms with Crippen LogP contribution in [-0.4, -0.2) is 7.11 Å². The molecule has 0 N–H and O–H groups in total. The van der Waals surface area contributed by atoms with E-state index in [1.807, 2.05) is 0 Å². The third-order valence-corrected chi connectivity index (χ3v) is 4.04. The van der Waals surface area contributed by atoms with Gasteiger partial charge in [-0.3, -0.25) is 0 Å². The van der Waals surface area contributed by atoms with E-state index in [0.29, 0.717) is 0 Å². The van der Waals surface area contributed by atoms with Gasteiger partial charge < -0.3 is 4.74 Å². The smallest absolute Gasteiger partial charge is 0.126 e. The summed E-state index contributed by atoms with van der Waals surface area (Å²) in [6.07, 6.45) is 6.59. The van der Waals surface area contributed by atoms with Gasteiger partial charge in [0, 0.05) is 5.56 Å². The van der Waals surface area contributed by atoms with Crippen LogP contribution in [0.5, 0.6) is 5.75 Å². The molecule has 0 bridgehead atoms. The molecule has 3 aromatic carbocycles. The number of methoxy groups -OCH3 is 1. The monoisotopic (exact) mass is 302 g/mol. The van der Waals surface area contributed by atoms with Gasteiger partial charge in [-0.15, -0.1) is 0 Å². The highest BCUT2D eigenvalue weighted by atomic mass is 16.5. The van der Waals surface area contributed by atoms with Gasteiger partial charge in [-0.05, 0) is 40.5 Å². The molecule has 0 aliphatic heterocycles. The van der Waals surface area contributed by atoms with E-state index in [1.165, 1.54) is 28.3 Å². The van der Waals surface area contributed by atoms with Crippen LogP contribution in [0.15, 0.2) is 60.7 Å². The number of ether oxygens (including phenoxy) is 1. The summed E-state index contributed by atoms with van der Waals surface area (Å²) in [5.41, 5.74) is 3.72. The van der Waals surface area contributed by atoms with Gasteiger partial charge >= 0.3 is 0 Å². The quantitative estimate of drug-likeness (QED) is 0.527. The molecule has 0 amide bonds. The summed E-state index contributed by atoms with van der Waals surface area (Å²) < 4.78 is 5.55. The van der Waals surface area contributed by atoms with Crippen LogP contribution in [0.25, 0.3) is 22.9 Å². The van der Waals surface area contributed by atoms with Gasteiger partial charge in [0.1, 0.15) is 5.75 Å². The molecular weight excluding hydrogens is 280 g/mol. The van der Waals surface area contributed by atoms with Crippen molar-refractivity contribution in [3.8, 4) is 5.75 Å². The average Bonchev–Trinajstić information content (AvgIpc) is 2.59. The van der Waals surface area contributed by atoms with Gasteiger partial charge in [0.15, 0.2) is 0 Å². The summed E-state index contributed by atoms with van der Waals surface area (Å²) in [4.78, 5) is 0. The molecule has 3 aromatic rings. The summed E-state index contributed by atoms with van der Waals surface area (Å²) in [5.74, 6) is 0.907. The predicted molar refractivity (Wildman–Crippen MR) is 99.9 cm³/mol. The molecule has 0 radical (unpaired) electrons. The summed E-state index contributed by atoms with van der Waals surface area (Å²) in [6.45, 7) is 2.21. The van der Waals surface area contributed by atoms with Crippen molar-refractivity contribution < 1.29 is 4.74 Å². The Hall–Kier alpha value is -2.54. The van der Waals surface area contributed by atoms with Crippen LogP contribution in [0.3, 0.4) is 0 Å². The lowest BCUT2D eigenvalue weighted by atomic mass is 10.0. The number of hydrogen-bond donors (Lipinski definition) is 0. The first-order valence-corrected chi connectivity index (χ1v) is 8.14. The third-order valence-electron chi connectivity index (χ3n) is 4.04. The Labute approximate surface area is 138 Å². The van der Waals surface area contributed by atoms with E-state index >= 15 is 0 Å². The number of aryl methyl sites for hydroxylation is 1. The molecule has 0 unspecified atom stereocenters. The predicted octanol–water partition coefficient (Wildman–Crippen LogP) is 5.97. The van der Waals surface area contributed by atoms with E-state index in [0.717, 1.165) is 17.7 Å². The van der Waals surface area contributed by atoms with E-state index in [2.05, 4.69) is 79.7 Å². The second-order valence-corrected chi connectivity index (χ2v) is 5.77. The zero-order valence-electron chi connectivity index (χ0n) is 13.8. The fourth-order valence-corrected chi connectivity index (χ4v) is 2.87. The maximum Gasteiger partial charge on any atom is 0.126 e. The Morgan fingerprint density at radius 1 is 0.870 bits per heavy atom. The molecule has 0 aromatic heterocycles. The van der Waals surface area contributed by atoms with Gasteiger partial charge in [0.2, 0.25) is 0 Å². The first-order valence-electron chi connectivity index (χ1n) is 8.14. The van der Waals surface area contributed by atoms with Gasteiger partial charge in [-0.2, -0.15) is 0 Å². The van der Waals surface area contributed by atoms with Crippen molar-refractivity contribution in [2.24, 2.45) is 0 Å². The Bertz CT molecular complexity index is 830. The summed E-state index contributed by atoms with van der Waals surface area (Å²) >= 11 is 0. The molecule has 23 heavy (non-hydrogen) atoms. The van der Waals surface area contributed by atoms with Crippen molar-refractivity contribution in [1.29, 1.82) is 0 Å². The normalized spacial score (nSPS) is 11.2. The van der Waals surface area contributed by atoms with Crippen molar-refractivity contribution in [3.05, 3.63) is 77.4 Å². The molecule has 0 saturated carbocycles. The molecule has 0 saturated heterocycles. The largest absolute Gasteiger partial charge is 0.496 e. The van der Waals surface area contributed by atoms with Crippen molar-refractivity contribution in [3.63, 3.8) is 0 Å². The first-order chi connectivity index (χ1) is 11.3. The van der Waals surface area contributed by atoms with Gasteiger partial charge in [0.25, 0.3) is 0 Å². The molecule has 0 atom stereocenters. The van der Waals surface area contributed by atoms with E-state index < -0.39 is 0 Å².